The van der Waals surface area contributed by atoms with E-state index in [9.17, 15) is 4.79 Å². The van der Waals surface area contributed by atoms with E-state index in [0.717, 1.165) is 5.56 Å². The van der Waals surface area contributed by atoms with E-state index in [1.165, 1.54) is 0 Å². The monoisotopic (exact) mass is 286 g/mol. The van der Waals surface area contributed by atoms with Crippen LogP contribution in [0.15, 0.2) is 48.5 Å². The van der Waals surface area contributed by atoms with Crippen molar-refractivity contribution in [2.24, 2.45) is 0 Å². The molecular weight excluding hydrogens is 276 g/mol. The summed E-state index contributed by atoms with van der Waals surface area (Å²) in [6, 6.07) is 16.1. The molecule has 5 heteroatoms. The minimum atomic E-state index is -0.632. The highest BCUT2D eigenvalue weighted by atomic mass is 35.5. The topological polar surface area (TPSA) is 62.1 Å². The van der Waals surface area contributed by atoms with E-state index < -0.39 is 6.09 Å². The van der Waals surface area contributed by atoms with Gasteiger partial charge in [-0.3, -0.25) is 5.32 Å². The van der Waals surface area contributed by atoms with Gasteiger partial charge < -0.3 is 4.74 Å². The fourth-order valence-corrected chi connectivity index (χ4v) is 1.83. The van der Waals surface area contributed by atoms with Gasteiger partial charge in [0.1, 0.15) is 12.7 Å². The number of benzene rings is 2. The molecule has 0 atom stereocenters. The van der Waals surface area contributed by atoms with E-state index in [1.807, 2.05) is 36.4 Å². The van der Waals surface area contributed by atoms with Crippen LogP contribution in [-0.4, -0.2) is 6.09 Å². The summed E-state index contributed by atoms with van der Waals surface area (Å²) in [6.45, 7) is 0.162. The van der Waals surface area contributed by atoms with Crippen molar-refractivity contribution in [1.29, 1.82) is 5.26 Å². The van der Waals surface area contributed by atoms with Crippen LogP contribution in [0.3, 0.4) is 0 Å². The van der Waals surface area contributed by atoms with Gasteiger partial charge in [0, 0.05) is 0 Å². The number of hydrogen-bond acceptors (Lipinski definition) is 3. The number of nitriles is 1. The van der Waals surface area contributed by atoms with Crippen LogP contribution in [-0.2, 0) is 11.3 Å². The number of hydrogen-bond donors (Lipinski definition) is 1. The van der Waals surface area contributed by atoms with Gasteiger partial charge in [0.05, 0.1) is 16.3 Å². The maximum absolute atomic E-state index is 11.7. The first-order chi connectivity index (χ1) is 9.70. The molecule has 2 aromatic rings. The second-order valence-electron chi connectivity index (χ2n) is 3.96. The molecule has 0 fully saturated rings. The third-order valence-electron chi connectivity index (χ3n) is 2.57. The molecule has 1 N–H and O–H groups in total. The van der Waals surface area contributed by atoms with Gasteiger partial charge in [-0.25, -0.2) is 4.79 Å². The Labute approximate surface area is 121 Å². The van der Waals surface area contributed by atoms with E-state index in [2.05, 4.69) is 5.32 Å². The van der Waals surface area contributed by atoms with Crippen LogP contribution in [0.25, 0.3) is 0 Å². The molecule has 0 aliphatic heterocycles. The lowest BCUT2D eigenvalue weighted by molar-refractivity contribution is 0.155. The summed E-state index contributed by atoms with van der Waals surface area (Å²) < 4.78 is 5.07. The van der Waals surface area contributed by atoms with Crippen LogP contribution in [0.4, 0.5) is 10.5 Å². The number of ether oxygens (including phenoxy) is 1. The summed E-state index contributed by atoms with van der Waals surface area (Å²) in [4.78, 5) is 11.7. The lowest BCUT2D eigenvalue weighted by Crippen LogP contribution is -2.14. The van der Waals surface area contributed by atoms with Crippen LogP contribution in [0.1, 0.15) is 11.1 Å². The van der Waals surface area contributed by atoms with Gasteiger partial charge in [-0.05, 0) is 17.7 Å². The first kappa shape index (κ1) is 13.9. The number of nitrogens with one attached hydrogen (secondary N) is 1. The number of carbonyl (C=O) groups excluding carboxylic acids is 1. The van der Waals surface area contributed by atoms with E-state index in [0.29, 0.717) is 5.69 Å². The molecule has 0 saturated carbocycles. The van der Waals surface area contributed by atoms with Gasteiger partial charge in [0.2, 0.25) is 0 Å². The zero-order valence-electron chi connectivity index (χ0n) is 10.5. The van der Waals surface area contributed by atoms with Crippen molar-refractivity contribution >= 4 is 23.4 Å². The maximum atomic E-state index is 11.7. The van der Waals surface area contributed by atoms with Crippen molar-refractivity contribution in [3.8, 4) is 6.07 Å². The molecule has 20 heavy (non-hydrogen) atoms. The lowest BCUT2D eigenvalue weighted by Gasteiger charge is -2.09. The van der Waals surface area contributed by atoms with Crippen LogP contribution in [0.2, 0.25) is 5.02 Å². The highest BCUT2D eigenvalue weighted by Gasteiger charge is 2.10. The fraction of sp³-hybridized carbons (Fsp3) is 0.0667. The van der Waals surface area contributed by atoms with Crippen molar-refractivity contribution in [2.45, 2.75) is 6.61 Å². The molecule has 0 bridgehead atoms. The molecule has 2 rings (SSSR count). The summed E-state index contributed by atoms with van der Waals surface area (Å²) in [5.41, 5.74) is 1.43. The molecule has 0 aliphatic rings. The molecule has 0 spiro atoms. The summed E-state index contributed by atoms with van der Waals surface area (Å²) >= 11 is 5.87. The molecule has 1 amide bonds. The van der Waals surface area contributed by atoms with Gasteiger partial charge in [-0.2, -0.15) is 5.26 Å². The number of rotatable bonds is 3. The van der Waals surface area contributed by atoms with E-state index in [1.54, 1.807) is 18.2 Å². The minimum Gasteiger partial charge on any atom is -0.444 e. The first-order valence-corrected chi connectivity index (χ1v) is 6.25. The molecule has 0 aromatic heterocycles. The third-order valence-corrected chi connectivity index (χ3v) is 2.89. The molecule has 0 unspecified atom stereocenters. The van der Waals surface area contributed by atoms with Crippen molar-refractivity contribution in [3.63, 3.8) is 0 Å². The fourth-order valence-electron chi connectivity index (χ4n) is 1.61. The Bertz CT molecular complexity index is 651. The van der Waals surface area contributed by atoms with Crippen LogP contribution < -0.4 is 5.32 Å². The first-order valence-electron chi connectivity index (χ1n) is 5.87. The van der Waals surface area contributed by atoms with E-state index >= 15 is 0 Å². The summed E-state index contributed by atoms with van der Waals surface area (Å²) in [5.74, 6) is 0. The Hall–Kier alpha value is -2.51. The highest BCUT2D eigenvalue weighted by Crippen LogP contribution is 2.23. The van der Waals surface area contributed by atoms with Gasteiger partial charge in [0.15, 0.2) is 0 Å². The predicted octanol–water partition coefficient (Wildman–Crippen LogP) is 3.96. The molecule has 0 saturated heterocycles. The van der Waals surface area contributed by atoms with Crippen molar-refractivity contribution in [3.05, 3.63) is 64.7 Å². The Morgan fingerprint density at radius 3 is 2.65 bits per heavy atom. The van der Waals surface area contributed by atoms with Crippen LogP contribution in [0, 0.1) is 11.3 Å². The Morgan fingerprint density at radius 2 is 1.95 bits per heavy atom. The third kappa shape index (κ3) is 3.50. The number of halogens is 1. The van der Waals surface area contributed by atoms with Crippen molar-refractivity contribution < 1.29 is 9.53 Å². The molecule has 100 valence electrons. The lowest BCUT2D eigenvalue weighted by atomic mass is 10.2. The summed E-state index contributed by atoms with van der Waals surface area (Å²) in [5, 5.41) is 11.8. The SMILES string of the molecule is N#Cc1c(Cl)cccc1NC(=O)OCc1ccccc1. The highest BCUT2D eigenvalue weighted by molar-refractivity contribution is 6.32. The largest absolute Gasteiger partial charge is 0.444 e. The Morgan fingerprint density at radius 1 is 1.20 bits per heavy atom. The van der Waals surface area contributed by atoms with Gasteiger partial charge >= 0.3 is 6.09 Å². The molecule has 4 nitrogen and oxygen atoms in total. The number of carbonyl (C=O) groups is 1. The zero-order valence-corrected chi connectivity index (χ0v) is 11.2. The van der Waals surface area contributed by atoms with Crippen molar-refractivity contribution in [1.82, 2.24) is 0 Å². The smallest absolute Gasteiger partial charge is 0.411 e. The molecular formula is C15H11ClN2O2. The van der Waals surface area contributed by atoms with Gasteiger partial charge in [0.25, 0.3) is 0 Å². The molecule has 0 heterocycles. The quantitative estimate of drug-likeness (QED) is 0.929. The second kappa shape index (κ2) is 6.60. The summed E-state index contributed by atoms with van der Waals surface area (Å²) in [6.07, 6.45) is -0.632. The standard InChI is InChI=1S/C15H11ClN2O2/c16-13-7-4-8-14(12(13)9-17)18-15(19)20-10-11-5-2-1-3-6-11/h1-8H,10H2,(H,18,19). The predicted molar refractivity (Wildman–Crippen MR) is 76.4 cm³/mol. The minimum absolute atomic E-state index is 0.162. The summed E-state index contributed by atoms with van der Waals surface area (Å²) in [7, 11) is 0. The molecule has 0 radical (unpaired) electrons. The number of anilines is 1. The van der Waals surface area contributed by atoms with Gasteiger partial charge in [-0.15, -0.1) is 0 Å². The Balaban J connectivity index is 1.99. The van der Waals surface area contributed by atoms with Crippen LogP contribution in [0.5, 0.6) is 0 Å². The second-order valence-corrected chi connectivity index (χ2v) is 4.37. The number of amides is 1. The van der Waals surface area contributed by atoms with E-state index in [-0.39, 0.29) is 17.2 Å². The number of nitrogens with zero attached hydrogens (tertiary/aromatic N) is 1. The van der Waals surface area contributed by atoms with Crippen molar-refractivity contribution in [2.75, 3.05) is 5.32 Å². The van der Waals surface area contributed by atoms with Crippen LogP contribution >= 0.6 is 11.6 Å². The van der Waals surface area contributed by atoms with Gasteiger partial charge in [-0.1, -0.05) is 48.0 Å². The normalized spacial score (nSPS) is 9.60. The maximum Gasteiger partial charge on any atom is 0.411 e. The average Bonchev–Trinajstić information content (AvgIpc) is 2.46. The molecule has 0 aliphatic carbocycles. The Kier molecular flexibility index (Phi) is 4.59. The zero-order chi connectivity index (χ0) is 14.4. The average molecular weight is 287 g/mol. The molecule has 2 aromatic carbocycles. The van der Waals surface area contributed by atoms with E-state index in [4.69, 9.17) is 21.6 Å².